The van der Waals surface area contributed by atoms with Gasteiger partial charge in [-0.2, -0.15) is 0 Å². The monoisotopic (exact) mass is 280 g/mol. The summed E-state index contributed by atoms with van der Waals surface area (Å²) in [5.74, 6) is 0.983. The minimum Gasteiger partial charge on any atom is -0.376 e. The van der Waals surface area contributed by atoms with E-state index in [0.29, 0.717) is 6.10 Å². The van der Waals surface area contributed by atoms with Gasteiger partial charge in [0, 0.05) is 38.2 Å². The maximum atomic E-state index is 5.65. The molecule has 104 valence electrons. The molecule has 2 N–H and O–H groups in total. The van der Waals surface area contributed by atoms with Gasteiger partial charge in [-0.25, -0.2) is 9.97 Å². The lowest BCUT2D eigenvalue weighted by Crippen LogP contribution is -2.28. The molecule has 19 heavy (non-hydrogen) atoms. The summed E-state index contributed by atoms with van der Waals surface area (Å²) in [6.07, 6.45) is 5.66. The molecule has 1 aromatic rings. The van der Waals surface area contributed by atoms with E-state index in [0.717, 1.165) is 50.1 Å². The zero-order valence-electron chi connectivity index (χ0n) is 11.2. The molecule has 0 bridgehead atoms. The average molecular weight is 280 g/mol. The van der Waals surface area contributed by atoms with Crippen molar-refractivity contribution >= 4 is 17.6 Å². The number of nitrogens with one attached hydrogen (secondary N) is 2. The van der Waals surface area contributed by atoms with Crippen LogP contribution in [0.3, 0.4) is 0 Å². The number of hydrogen-bond acceptors (Lipinski definition) is 6. The van der Waals surface area contributed by atoms with Crippen molar-refractivity contribution in [3.63, 3.8) is 0 Å². The Bertz CT molecular complexity index is 449. The molecule has 2 aliphatic heterocycles. The van der Waals surface area contributed by atoms with Crippen LogP contribution in [0.25, 0.3) is 0 Å². The van der Waals surface area contributed by atoms with E-state index in [-0.39, 0.29) is 0 Å². The summed E-state index contributed by atoms with van der Waals surface area (Å²) < 4.78 is 5.65. The first-order valence-electron chi connectivity index (χ1n) is 6.87. The topological polar surface area (TPSA) is 59.1 Å². The Balaban J connectivity index is 1.77. The third-order valence-electron chi connectivity index (χ3n) is 3.62. The third kappa shape index (κ3) is 3.01. The Morgan fingerprint density at radius 1 is 1.47 bits per heavy atom. The minimum atomic E-state index is 0.333. The van der Waals surface area contributed by atoms with Crippen LogP contribution in [0.2, 0.25) is 0 Å². The highest BCUT2D eigenvalue weighted by atomic mass is 32.2. The Kier molecular flexibility index (Phi) is 4.20. The summed E-state index contributed by atoms with van der Waals surface area (Å²) in [7, 11) is 0. The molecule has 5 nitrogen and oxygen atoms in total. The summed E-state index contributed by atoms with van der Waals surface area (Å²) >= 11 is 1.60. The van der Waals surface area contributed by atoms with Gasteiger partial charge in [-0.1, -0.05) is 11.8 Å². The second-order valence-electron chi connectivity index (χ2n) is 4.93. The average Bonchev–Trinajstić information content (AvgIpc) is 2.97. The zero-order chi connectivity index (χ0) is 13.1. The first-order chi connectivity index (χ1) is 9.36. The molecule has 1 saturated heterocycles. The predicted molar refractivity (Wildman–Crippen MR) is 76.7 cm³/mol. The van der Waals surface area contributed by atoms with E-state index < -0.39 is 0 Å². The van der Waals surface area contributed by atoms with Crippen LogP contribution in [-0.2, 0) is 17.7 Å². The number of aromatic nitrogens is 2. The zero-order valence-corrected chi connectivity index (χ0v) is 12.1. The van der Waals surface area contributed by atoms with Gasteiger partial charge in [0.25, 0.3) is 0 Å². The fourth-order valence-corrected chi connectivity index (χ4v) is 2.96. The highest BCUT2D eigenvalue weighted by molar-refractivity contribution is 7.98. The fourth-order valence-electron chi connectivity index (χ4n) is 2.57. The van der Waals surface area contributed by atoms with Gasteiger partial charge in [0.1, 0.15) is 5.82 Å². The van der Waals surface area contributed by atoms with Crippen LogP contribution in [0.5, 0.6) is 0 Å². The number of ether oxygens (including phenoxy) is 1. The standard InChI is InChI=1S/C13H20N4OS/c1-19-13-16-11-4-5-14-8-10(11)12(17-13)15-7-9-3-2-6-18-9/h9,14H,2-8H2,1H3,(H,15,16,17). The van der Waals surface area contributed by atoms with Crippen molar-refractivity contribution in [3.8, 4) is 0 Å². The second kappa shape index (κ2) is 6.07. The van der Waals surface area contributed by atoms with Gasteiger partial charge in [-0.15, -0.1) is 0 Å². The Morgan fingerprint density at radius 2 is 2.42 bits per heavy atom. The van der Waals surface area contributed by atoms with E-state index >= 15 is 0 Å². The van der Waals surface area contributed by atoms with Crippen LogP contribution < -0.4 is 10.6 Å². The van der Waals surface area contributed by atoms with Gasteiger partial charge in [-0.05, 0) is 19.1 Å². The van der Waals surface area contributed by atoms with Crippen molar-refractivity contribution in [1.82, 2.24) is 15.3 Å². The van der Waals surface area contributed by atoms with Crippen LogP contribution in [0.4, 0.5) is 5.82 Å². The van der Waals surface area contributed by atoms with Gasteiger partial charge >= 0.3 is 0 Å². The van der Waals surface area contributed by atoms with Crippen molar-refractivity contribution in [2.75, 3.05) is 31.3 Å². The van der Waals surface area contributed by atoms with Crippen molar-refractivity contribution in [1.29, 1.82) is 0 Å². The molecule has 3 rings (SSSR count). The van der Waals surface area contributed by atoms with Crippen LogP contribution in [0, 0.1) is 0 Å². The highest BCUT2D eigenvalue weighted by Gasteiger charge is 2.20. The van der Waals surface area contributed by atoms with E-state index in [2.05, 4.69) is 20.6 Å². The van der Waals surface area contributed by atoms with Gasteiger partial charge < -0.3 is 15.4 Å². The van der Waals surface area contributed by atoms with Crippen LogP contribution in [0.15, 0.2) is 5.16 Å². The minimum absolute atomic E-state index is 0.333. The largest absolute Gasteiger partial charge is 0.376 e. The fraction of sp³-hybridized carbons (Fsp3) is 0.692. The van der Waals surface area contributed by atoms with E-state index in [1.165, 1.54) is 17.7 Å². The lowest BCUT2D eigenvalue weighted by Gasteiger charge is -2.21. The molecule has 1 aromatic heterocycles. The smallest absolute Gasteiger partial charge is 0.189 e. The van der Waals surface area contributed by atoms with E-state index in [1.54, 1.807) is 11.8 Å². The maximum absolute atomic E-state index is 5.65. The summed E-state index contributed by atoms with van der Waals surface area (Å²) in [6, 6.07) is 0. The number of rotatable bonds is 4. The number of hydrogen-bond donors (Lipinski definition) is 2. The van der Waals surface area contributed by atoms with E-state index in [1.807, 2.05) is 6.26 Å². The molecular weight excluding hydrogens is 260 g/mol. The van der Waals surface area contributed by atoms with E-state index in [4.69, 9.17) is 4.74 Å². The predicted octanol–water partition coefficient (Wildman–Crippen LogP) is 1.44. The normalized spacial score (nSPS) is 22.3. The molecule has 1 unspecified atom stereocenters. The van der Waals surface area contributed by atoms with Gasteiger partial charge in [0.05, 0.1) is 11.8 Å². The third-order valence-corrected chi connectivity index (χ3v) is 4.16. The van der Waals surface area contributed by atoms with Gasteiger partial charge in [0.15, 0.2) is 5.16 Å². The molecule has 1 fully saturated rings. The molecule has 0 saturated carbocycles. The highest BCUT2D eigenvalue weighted by Crippen LogP contribution is 2.23. The Hall–Kier alpha value is -0.850. The molecule has 0 aliphatic carbocycles. The maximum Gasteiger partial charge on any atom is 0.189 e. The summed E-state index contributed by atoms with van der Waals surface area (Å²) in [4.78, 5) is 9.22. The first kappa shape index (κ1) is 13.1. The molecule has 2 aliphatic rings. The molecule has 0 radical (unpaired) electrons. The summed E-state index contributed by atoms with van der Waals surface area (Å²) in [6.45, 7) is 3.60. The summed E-state index contributed by atoms with van der Waals surface area (Å²) in [5.41, 5.74) is 2.41. The number of nitrogens with zero attached hydrogens (tertiary/aromatic N) is 2. The molecule has 0 aromatic carbocycles. The van der Waals surface area contributed by atoms with Crippen molar-refractivity contribution in [2.24, 2.45) is 0 Å². The molecule has 0 amide bonds. The molecule has 6 heteroatoms. The molecule has 3 heterocycles. The molecule has 0 spiro atoms. The Labute approximate surface area is 117 Å². The van der Waals surface area contributed by atoms with Gasteiger partial charge in [-0.3, -0.25) is 0 Å². The lowest BCUT2D eigenvalue weighted by atomic mass is 10.1. The lowest BCUT2D eigenvalue weighted by molar-refractivity contribution is 0.120. The number of fused-ring (bicyclic) bond motifs is 1. The SMILES string of the molecule is CSc1nc2c(c(NCC3CCCO3)n1)CNCC2. The van der Waals surface area contributed by atoms with E-state index in [9.17, 15) is 0 Å². The van der Waals surface area contributed by atoms with Crippen LogP contribution >= 0.6 is 11.8 Å². The molecule has 1 atom stereocenters. The number of anilines is 1. The van der Waals surface area contributed by atoms with Crippen LogP contribution in [-0.4, -0.2) is 42.0 Å². The van der Waals surface area contributed by atoms with Crippen molar-refractivity contribution < 1.29 is 4.74 Å². The van der Waals surface area contributed by atoms with Crippen LogP contribution in [0.1, 0.15) is 24.1 Å². The van der Waals surface area contributed by atoms with Crippen molar-refractivity contribution in [2.45, 2.75) is 37.1 Å². The number of thioether (sulfide) groups is 1. The second-order valence-corrected chi connectivity index (χ2v) is 5.70. The Morgan fingerprint density at radius 3 is 3.21 bits per heavy atom. The first-order valence-corrected chi connectivity index (χ1v) is 8.09. The van der Waals surface area contributed by atoms with Crippen molar-refractivity contribution in [3.05, 3.63) is 11.3 Å². The summed E-state index contributed by atoms with van der Waals surface area (Å²) in [5, 5.41) is 7.71. The van der Waals surface area contributed by atoms with Gasteiger partial charge in [0.2, 0.25) is 0 Å². The molecular formula is C13H20N4OS. The quantitative estimate of drug-likeness (QED) is 0.643.